The highest BCUT2D eigenvalue weighted by atomic mass is 32.2. The van der Waals surface area contributed by atoms with E-state index in [1.54, 1.807) is 7.11 Å². The van der Waals surface area contributed by atoms with Crippen molar-refractivity contribution >= 4 is 23.3 Å². The van der Waals surface area contributed by atoms with E-state index >= 15 is 0 Å². The summed E-state index contributed by atoms with van der Waals surface area (Å²) in [4.78, 5) is 11.9. The minimum atomic E-state index is 0.654. The minimum absolute atomic E-state index is 0.654. The average Bonchev–Trinajstić information content (AvgIpc) is 2.96. The first-order chi connectivity index (χ1) is 8.31. The van der Waals surface area contributed by atoms with Gasteiger partial charge in [-0.15, -0.1) is 0 Å². The van der Waals surface area contributed by atoms with Gasteiger partial charge in [0.1, 0.15) is 5.82 Å². The van der Waals surface area contributed by atoms with E-state index in [0.717, 1.165) is 33.9 Å². The van der Waals surface area contributed by atoms with E-state index in [1.807, 2.05) is 6.20 Å². The van der Waals surface area contributed by atoms with Crippen LogP contribution in [0.15, 0.2) is 15.7 Å². The number of hydrogen-bond donors (Lipinski definition) is 1. The number of rotatable bonds is 6. The van der Waals surface area contributed by atoms with Gasteiger partial charge in [0.25, 0.3) is 0 Å². The van der Waals surface area contributed by atoms with Gasteiger partial charge in [-0.2, -0.15) is 4.37 Å². The molecular weight excluding hydrogens is 256 g/mol. The van der Waals surface area contributed by atoms with Crippen molar-refractivity contribution < 1.29 is 4.74 Å². The lowest BCUT2D eigenvalue weighted by Gasteiger charge is -1.92. The highest BCUT2D eigenvalue weighted by Crippen LogP contribution is 2.26. The number of nitrogens with zero attached hydrogens (tertiary/aromatic N) is 3. The van der Waals surface area contributed by atoms with Gasteiger partial charge >= 0.3 is 0 Å². The molecule has 0 bridgehead atoms. The summed E-state index contributed by atoms with van der Waals surface area (Å²) in [5.41, 5.74) is 1.14. The fraction of sp³-hybridized carbons (Fsp3) is 0.500. The van der Waals surface area contributed by atoms with E-state index < -0.39 is 0 Å². The smallest absolute Gasteiger partial charge is 0.177 e. The van der Waals surface area contributed by atoms with Gasteiger partial charge in [-0.1, -0.05) is 6.92 Å². The molecule has 0 amide bonds. The van der Waals surface area contributed by atoms with Crippen molar-refractivity contribution in [2.24, 2.45) is 0 Å². The molecule has 0 saturated heterocycles. The van der Waals surface area contributed by atoms with Crippen LogP contribution in [0.1, 0.15) is 18.4 Å². The molecule has 2 rings (SSSR count). The van der Waals surface area contributed by atoms with Gasteiger partial charge < -0.3 is 9.72 Å². The lowest BCUT2D eigenvalue weighted by Crippen LogP contribution is -1.95. The summed E-state index contributed by atoms with van der Waals surface area (Å²) in [6, 6.07) is 0. The molecule has 2 aromatic rings. The quantitative estimate of drug-likeness (QED) is 0.871. The van der Waals surface area contributed by atoms with Crippen molar-refractivity contribution in [3.05, 3.63) is 17.7 Å². The highest BCUT2D eigenvalue weighted by Gasteiger charge is 2.08. The van der Waals surface area contributed by atoms with Crippen LogP contribution in [-0.2, 0) is 17.6 Å². The zero-order valence-corrected chi connectivity index (χ0v) is 11.4. The summed E-state index contributed by atoms with van der Waals surface area (Å²) in [7, 11) is 1.68. The van der Waals surface area contributed by atoms with Crippen LogP contribution in [0.2, 0.25) is 0 Å². The Morgan fingerprint density at radius 2 is 2.41 bits per heavy atom. The molecule has 0 saturated carbocycles. The van der Waals surface area contributed by atoms with Gasteiger partial charge in [0, 0.05) is 25.4 Å². The molecule has 0 unspecified atom stereocenters. The van der Waals surface area contributed by atoms with Crippen molar-refractivity contribution in [1.29, 1.82) is 0 Å². The van der Waals surface area contributed by atoms with E-state index in [9.17, 15) is 0 Å². The fourth-order valence-electron chi connectivity index (χ4n) is 1.23. The number of aromatic nitrogens is 4. The summed E-state index contributed by atoms with van der Waals surface area (Å²) in [6.07, 6.45) is 3.57. The lowest BCUT2D eigenvalue weighted by atomic mass is 10.4. The second kappa shape index (κ2) is 6.13. The van der Waals surface area contributed by atoms with E-state index in [1.165, 1.54) is 23.3 Å². The lowest BCUT2D eigenvalue weighted by molar-refractivity contribution is 0.200. The Hall–Kier alpha value is -0.920. The first kappa shape index (κ1) is 12.5. The van der Waals surface area contributed by atoms with Crippen LogP contribution in [0, 0.1) is 0 Å². The maximum Gasteiger partial charge on any atom is 0.177 e. The predicted octanol–water partition coefficient (Wildman–Crippen LogP) is 2.16. The van der Waals surface area contributed by atoms with Crippen LogP contribution in [0.4, 0.5) is 0 Å². The fourth-order valence-corrected chi connectivity index (χ4v) is 2.79. The molecule has 0 fully saturated rings. The van der Waals surface area contributed by atoms with Gasteiger partial charge in [-0.05, 0) is 29.7 Å². The Balaban J connectivity index is 1.96. The molecule has 0 spiro atoms. The van der Waals surface area contributed by atoms with Crippen LogP contribution in [0.25, 0.3) is 0 Å². The van der Waals surface area contributed by atoms with Crippen LogP contribution >= 0.6 is 23.3 Å². The van der Waals surface area contributed by atoms with Crippen LogP contribution in [0.5, 0.6) is 0 Å². The van der Waals surface area contributed by atoms with E-state index in [0.29, 0.717) is 6.61 Å². The van der Waals surface area contributed by atoms with Crippen LogP contribution in [0.3, 0.4) is 0 Å². The number of ether oxygens (including phenoxy) is 1. The number of H-pyrrole nitrogens is 1. The molecule has 2 heterocycles. The Kier molecular flexibility index (Phi) is 4.52. The van der Waals surface area contributed by atoms with Crippen molar-refractivity contribution in [2.75, 3.05) is 13.7 Å². The normalized spacial score (nSPS) is 10.9. The third kappa shape index (κ3) is 3.52. The summed E-state index contributed by atoms with van der Waals surface area (Å²) in [5, 5.41) is 0.872. The maximum absolute atomic E-state index is 4.99. The summed E-state index contributed by atoms with van der Waals surface area (Å²) in [6.45, 7) is 2.75. The van der Waals surface area contributed by atoms with Gasteiger partial charge in [0.2, 0.25) is 0 Å². The molecule has 0 aromatic carbocycles. The Labute approximate surface area is 108 Å². The van der Waals surface area contributed by atoms with Crippen molar-refractivity contribution in [3.8, 4) is 0 Å². The van der Waals surface area contributed by atoms with Crippen molar-refractivity contribution in [1.82, 2.24) is 19.3 Å². The molecule has 0 radical (unpaired) electrons. The third-order valence-electron chi connectivity index (χ3n) is 2.15. The molecule has 7 heteroatoms. The monoisotopic (exact) mass is 270 g/mol. The van der Waals surface area contributed by atoms with Crippen LogP contribution < -0.4 is 0 Å². The number of nitrogens with one attached hydrogen (secondary N) is 1. The number of hydrogen-bond acceptors (Lipinski definition) is 6. The highest BCUT2D eigenvalue weighted by molar-refractivity contribution is 8.00. The molecule has 0 aliphatic rings. The van der Waals surface area contributed by atoms with Gasteiger partial charge in [-0.3, -0.25) is 0 Å². The summed E-state index contributed by atoms with van der Waals surface area (Å²) in [5.74, 6) is 0.835. The topological polar surface area (TPSA) is 63.7 Å². The van der Waals surface area contributed by atoms with Crippen molar-refractivity contribution in [2.45, 2.75) is 29.3 Å². The molecule has 2 aromatic heterocycles. The van der Waals surface area contributed by atoms with Crippen LogP contribution in [-0.4, -0.2) is 33.0 Å². The molecule has 1 N–H and O–H groups in total. The number of aromatic amines is 1. The molecular formula is C10H14N4OS2. The second-order valence-electron chi connectivity index (χ2n) is 3.39. The maximum atomic E-state index is 4.99. The SMILES string of the molecule is CCc1cnc(Sc2nc(CCOC)ns2)[nH]1. The minimum Gasteiger partial charge on any atom is -0.384 e. The molecule has 0 aliphatic carbocycles. The largest absolute Gasteiger partial charge is 0.384 e. The van der Waals surface area contributed by atoms with E-state index in [-0.39, 0.29) is 0 Å². The molecule has 17 heavy (non-hydrogen) atoms. The second-order valence-corrected chi connectivity index (χ2v) is 5.38. The standard InChI is InChI=1S/C10H14N4OS2/c1-3-7-6-11-9(12-7)16-10-13-8(14-17-10)4-5-15-2/h6H,3-5H2,1-2H3,(H,11,12). The van der Waals surface area contributed by atoms with Gasteiger partial charge in [-0.25, -0.2) is 9.97 Å². The number of imidazole rings is 1. The summed E-state index contributed by atoms with van der Waals surface area (Å²) < 4.78 is 10.2. The first-order valence-corrected chi connectivity index (χ1v) is 6.94. The average molecular weight is 270 g/mol. The van der Waals surface area contributed by atoms with E-state index in [2.05, 4.69) is 26.2 Å². The Morgan fingerprint density at radius 3 is 3.12 bits per heavy atom. The first-order valence-electron chi connectivity index (χ1n) is 5.35. The van der Waals surface area contributed by atoms with Gasteiger partial charge in [0.05, 0.1) is 6.61 Å². The number of aryl methyl sites for hydroxylation is 1. The summed E-state index contributed by atoms with van der Waals surface area (Å²) >= 11 is 2.91. The zero-order chi connectivity index (χ0) is 12.1. The van der Waals surface area contributed by atoms with Crippen molar-refractivity contribution in [3.63, 3.8) is 0 Å². The Morgan fingerprint density at radius 1 is 1.53 bits per heavy atom. The number of methoxy groups -OCH3 is 1. The zero-order valence-electron chi connectivity index (χ0n) is 9.77. The Bertz CT molecular complexity index is 468. The van der Waals surface area contributed by atoms with Gasteiger partial charge in [0.15, 0.2) is 9.50 Å². The molecule has 92 valence electrons. The van der Waals surface area contributed by atoms with E-state index in [4.69, 9.17) is 4.74 Å². The molecule has 0 atom stereocenters. The molecule has 0 aliphatic heterocycles. The predicted molar refractivity (Wildman–Crippen MR) is 67.6 cm³/mol. The molecule has 5 nitrogen and oxygen atoms in total. The third-order valence-corrected chi connectivity index (χ3v) is 3.84.